The zero-order valence-electron chi connectivity index (χ0n) is 35.2. The molecule has 2 fully saturated rings. The van der Waals surface area contributed by atoms with Crippen molar-refractivity contribution in [2.24, 2.45) is 11.8 Å². The van der Waals surface area contributed by atoms with E-state index in [4.69, 9.17) is 4.74 Å². The molecule has 14 nitrogen and oxygen atoms in total. The van der Waals surface area contributed by atoms with Crippen molar-refractivity contribution >= 4 is 47.4 Å². The number of benzene rings is 3. The molecule has 3 aromatic carbocycles. The first-order valence-electron chi connectivity index (χ1n) is 20.6. The molecular formula is C47H52N6O8. The van der Waals surface area contributed by atoms with Crippen LogP contribution in [0.1, 0.15) is 103 Å². The molecule has 0 aliphatic carbocycles. The number of esters is 1. The number of ketones is 1. The third kappa shape index (κ3) is 9.86. The summed E-state index contributed by atoms with van der Waals surface area (Å²) in [7, 11) is 1.29. The summed E-state index contributed by atoms with van der Waals surface area (Å²) in [5, 5.41) is 3.46. The molecule has 14 heteroatoms. The average Bonchev–Trinajstić information content (AvgIpc) is 3.30. The lowest BCUT2D eigenvalue weighted by atomic mass is 9.77. The average molecular weight is 829 g/mol. The number of ether oxygens (including phenoxy) is 1. The summed E-state index contributed by atoms with van der Waals surface area (Å²) in [6, 6.07) is 22.1. The molecule has 3 aliphatic rings. The first-order valence-corrected chi connectivity index (χ1v) is 20.6. The van der Waals surface area contributed by atoms with Crippen LogP contribution in [0.4, 0.5) is 5.69 Å². The predicted molar refractivity (Wildman–Crippen MR) is 228 cm³/mol. The molecule has 1 N–H and O–H groups in total. The Labute approximate surface area is 355 Å². The standard InChI is InChI=1S/C31H32N4O5.C16H20N2O3/c1-19(2)29(37)34-14-16-35(17-15-34)30(38)22-7-4-6-21(18-22)25-27(20-10-12-32-13-11-20)33-24-9-5-8-23(31(39)40-3)26(24)28(25)36;1-12(2)15(20)17-6-8-18(9-7-17)16(21)14-5-3-4-13(10-14)11-19/h4-13,18-19,25,27,33H,14-17H2,1-3H3;3-5,10-12H,6-9H2,1-2H3. The third-order valence-electron chi connectivity index (χ3n) is 11.2. The molecule has 4 heterocycles. The maximum Gasteiger partial charge on any atom is 0.338 e. The van der Waals surface area contributed by atoms with Crippen molar-refractivity contribution in [1.29, 1.82) is 0 Å². The zero-order chi connectivity index (χ0) is 43.8. The number of fused-ring (bicyclic) bond motifs is 1. The molecule has 4 aromatic rings. The maximum atomic E-state index is 14.2. The summed E-state index contributed by atoms with van der Waals surface area (Å²) in [4.78, 5) is 98.9. The minimum atomic E-state index is -0.714. The minimum absolute atomic E-state index is 0.0171. The van der Waals surface area contributed by atoms with Gasteiger partial charge in [-0.25, -0.2) is 4.79 Å². The zero-order valence-corrected chi connectivity index (χ0v) is 35.2. The van der Waals surface area contributed by atoms with Crippen LogP contribution in [0.5, 0.6) is 0 Å². The van der Waals surface area contributed by atoms with Crippen LogP contribution in [0.3, 0.4) is 0 Å². The van der Waals surface area contributed by atoms with E-state index in [9.17, 15) is 33.6 Å². The number of hydrogen-bond acceptors (Lipinski definition) is 10. The van der Waals surface area contributed by atoms with Gasteiger partial charge in [0.25, 0.3) is 11.8 Å². The molecule has 4 amide bonds. The molecule has 0 spiro atoms. The van der Waals surface area contributed by atoms with Gasteiger partial charge in [-0.3, -0.25) is 33.8 Å². The Morgan fingerprint density at radius 2 is 1.18 bits per heavy atom. The van der Waals surface area contributed by atoms with Crippen molar-refractivity contribution < 1.29 is 38.3 Å². The van der Waals surface area contributed by atoms with E-state index in [1.165, 1.54) is 7.11 Å². The molecule has 318 valence electrons. The number of pyridine rings is 1. The van der Waals surface area contributed by atoms with E-state index >= 15 is 0 Å². The number of hydrogen-bond donors (Lipinski definition) is 1. The van der Waals surface area contributed by atoms with Gasteiger partial charge in [0.2, 0.25) is 11.8 Å². The van der Waals surface area contributed by atoms with Crippen LogP contribution in [0.15, 0.2) is 91.3 Å². The molecule has 2 unspecified atom stereocenters. The fourth-order valence-corrected chi connectivity index (χ4v) is 7.93. The molecule has 3 aliphatic heterocycles. The third-order valence-corrected chi connectivity index (χ3v) is 11.2. The van der Waals surface area contributed by atoms with Gasteiger partial charge in [0.05, 0.1) is 30.2 Å². The number of carbonyl (C=O) groups excluding carboxylic acids is 7. The highest BCUT2D eigenvalue weighted by atomic mass is 16.5. The Balaban J connectivity index is 0.000000249. The van der Waals surface area contributed by atoms with Crippen molar-refractivity contribution in [3.63, 3.8) is 0 Å². The highest BCUT2D eigenvalue weighted by Gasteiger charge is 2.40. The number of Topliss-reactive ketones (excluding diaryl/α,β-unsaturated/α-hetero) is 1. The van der Waals surface area contributed by atoms with Gasteiger partial charge in [0.1, 0.15) is 6.29 Å². The van der Waals surface area contributed by atoms with E-state index in [1.54, 1.807) is 92.7 Å². The second kappa shape index (κ2) is 19.6. The van der Waals surface area contributed by atoms with E-state index in [-0.39, 0.29) is 52.4 Å². The lowest BCUT2D eigenvalue weighted by Gasteiger charge is -2.36. The van der Waals surface area contributed by atoms with Crippen molar-refractivity contribution in [2.75, 3.05) is 64.8 Å². The van der Waals surface area contributed by atoms with Crippen LogP contribution in [-0.2, 0) is 14.3 Å². The van der Waals surface area contributed by atoms with Gasteiger partial charge in [0.15, 0.2) is 5.78 Å². The van der Waals surface area contributed by atoms with Crippen molar-refractivity contribution in [1.82, 2.24) is 24.6 Å². The topological polar surface area (TPSA) is 167 Å². The highest BCUT2D eigenvalue weighted by molar-refractivity contribution is 6.14. The van der Waals surface area contributed by atoms with Crippen LogP contribution in [0, 0.1) is 11.8 Å². The summed E-state index contributed by atoms with van der Waals surface area (Å²) >= 11 is 0. The fraction of sp³-hybridized carbons (Fsp3) is 0.362. The maximum absolute atomic E-state index is 14.2. The summed E-state index contributed by atoms with van der Waals surface area (Å²) in [6.07, 6.45) is 4.07. The second-order valence-electron chi connectivity index (χ2n) is 15.9. The Morgan fingerprint density at radius 1 is 0.672 bits per heavy atom. The predicted octanol–water partition coefficient (Wildman–Crippen LogP) is 5.38. The highest BCUT2D eigenvalue weighted by Crippen LogP contribution is 2.43. The van der Waals surface area contributed by atoms with Gasteiger partial charge >= 0.3 is 5.97 Å². The summed E-state index contributed by atoms with van der Waals surface area (Å²) in [5.41, 5.74) is 4.00. The lowest BCUT2D eigenvalue weighted by Crippen LogP contribution is -2.51. The lowest BCUT2D eigenvalue weighted by molar-refractivity contribution is -0.136. The molecule has 2 saturated heterocycles. The number of aromatic nitrogens is 1. The van der Waals surface area contributed by atoms with Gasteiger partial charge in [-0.2, -0.15) is 0 Å². The van der Waals surface area contributed by atoms with Crippen LogP contribution < -0.4 is 5.32 Å². The van der Waals surface area contributed by atoms with Gasteiger partial charge < -0.3 is 29.7 Å². The molecule has 2 atom stereocenters. The van der Waals surface area contributed by atoms with Crippen molar-refractivity contribution in [2.45, 2.75) is 39.7 Å². The Hall–Kier alpha value is -6.70. The SMILES string of the molecule is CC(C)C(=O)N1CCN(C(=O)c2cccc(C=O)c2)CC1.COC(=O)c1cccc2c1C(=O)C(c1cccc(C(=O)N3CCN(C(=O)C(C)C)CC3)c1)C(c1ccncc1)N2. The number of anilines is 1. The van der Waals surface area contributed by atoms with Crippen LogP contribution in [0.25, 0.3) is 0 Å². The van der Waals surface area contributed by atoms with Crippen molar-refractivity contribution in [3.8, 4) is 0 Å². The molecule has 0 bridgehead atoms. The molecular weight excluding hydrogens is 777 g/mol. The van der Waals surface area contributed by atoms with Gasteiger partial charge in [-0.15, -0.1) is 0 Å². The smallest absolute Gasteiger partial charge is 0.338 e. The number of amides is 4. The van der Waals surface area contributed by atoms with E-state index in [2.05, 4.69) is 10.3 Å². The number of carbonyl (C=O) groups is 7. The van der Waals surface area contributed by atoms with Gasteiger partial charge in [-0.05, 0) is 59.7 Å². The quantitative estimate of drug-likeness (QED) is 0.180. The number of aldehydes is 1. The van der Waals surface area contributed by atoms with E-state index in [0.29, 0.717) is 80.3 Å². The Bertz CT molecular complexity index is 2280. The summed E-state index contributed by atoms with van der Waals surface area (Å²) in [5.74, 6) is -1.66. The fourth-order valence-electron chi connectivity index (χ4n) is 7.93. The first-order chi connectivity index (χ1) is 29.3. The summed E-state index contributed by atoms with van der Waals surface area (Å²) in [6.45, 7) is 11.6. The van der Waals surface area contributed by atoms with Crippen LogP contribution >= 0.6 is 0 Å². The minimum Gasteiger partial charge on any atom is -0.465 e. The van der Waals surface area contributed by atoms with E-state index in [1.807, 2.05) is 45.9 Å². The second-order valence-corrected chi connectivity index (χ2v) is 15.9. The normalized spacial score (nSPS) is 17.5. The number of nitrogens with one attached hydrogen (secondary N) is 1. The Morgan fingerprint density at radius 3 is 1.70 bits per heavy atom. The molecule has 1 aromatic heterocycles. The summed E-state index contributed by atoms with van der Waals surface area (Å²) < 4.78 is 4.95. The number of nitrogens with zero attached hydrogens (tertiary/aromatic N) is 5. The monoisotopic (exact) mass is 828 g/mol. The van der Waals surface area contributed by atoms with Crippen LogP contribution in [-0.4, -0.2) is 126 Å². The van der Waals surface area contributed by atoms with E-state index < -0.39 is 17.9 Å². The molecule has 61 heavy (non-hydrogen) atoms. The first kappa shape index (κ1) is 43.9. The van der Waals surface area contributed by atoms with Gasteiger partial charge in [0, 0.05) is 99.0 Å². The van der Waals surface area contributed by atoms with E-state index in [0.717, 1.165) is 11.8 Å². The Kier molecular flexibility index (Phi) is 14.1. The van der Waals surface area contributed by atoms with Gasteiger partial charge in [-0.1, -0.05) is 58.0 Å². The number of rotatable bonds is 8. The van der Waals surface area contributed by atoms with Crippen LogP contribution in [0.2, 0.25) is 0 Å². The number of piperazine rings is 2. The molecule has 7 rings (SSSR count). The number of methoxy groups -OCH3 is 1. The largest absolute Gasteiger partial charge is 0.465 e. The molecule has 0 radical (unpaired) electrons. The molecule has 0 saturated carbocycles. The van der Waals surface area contributed by atoms with Crippen molar-refractivity contribution in [3.05, 3.63) is 130 Å².